The molecule has 0 radical (unpaired) electrons. The molecule has 194 valence electrons. The first kappa shape index (κ1) is 27.3. The molecule has 0 fully saturated rings. The Morgan fingerprint density at radius 3 is 2.11 bits per heavy atom. The molecule has 0 aliphatic rings. The molecule has 1 heterocycles. The molecule has 3 rings (SSSR count). The third-order valence-corrected chi connectivity index (χ3v) is 11.2. The summed E-state index contributed by atoms with van der Waals surface area (Å²) in [5, 5.41) is 8.19. The molecule has 0 aliphatic heterocycles. The number of carbonyl (C=O) groups is 1. The van der Waals surface area contributed by atoms with Crippen LogP contribution >= 0.6 is 0 Å². The Morgan fingerprint density at radius 1 is 0.972 bits per heavy atom. The van der Waals surface area contributed by atoms with Crippen molar-refractivity contribution in [1.82, 2.24) is 10.2 Å². The average molecular weight is 513 g/mol. The summed E-state index contributed by atoms with van der Waals surface area (Å²) in [6, 6.07) is 6.91. The number of nitrogens with one attached hydrogen (secondary N) is 1. The van der Waals surface area contributed by atoms with Crippen molar-refractivity contribution >= 4 is 31.1 Å². The number of hydrogen-bond acceptors (Lipinski definition) is 7. The molecule has 0 saturated carbocycles. The van der Waals surface area contributed by atoms with Gasteiger partial charge in [0.25, 0.3) is 0 Å². The number of aromatic nitrogens is 2. The molecule has 0 aliphatic carbocycles. The lowest BCUT2D eigenvalue weighted by molar-refractivity contribution is 0.103. The number of ketones is 1. The number of benzene rings is 2. The fourth-order valence-corrected chi connectivity index (χ4v) is 4.54. The number of fused-ring (bicyclic) bond motifs is 1. The van der Waals surface area contributed by atoms with Gasteiger partial charge in [-0.05, 0) is 42.4 Å². The van der Waals surface area contributed by atoms with E-state index in [1.54, 1.807) is 19.2 Å². The topological polar surface area (TPSA) is 91.9 Å². The second kappa shape index (κ2) is 10.8. The maximum atomic E-state index is 13.5. The standard InChI is InChI=1S/C27H36N2O6Si/c1-27(2,3)36(8,9)35-14-10-11-18-20(31-4)13-12-19-23(18)28-29-24(19)25(30)17-15-21(32-5)26(34-7)22(16-17)33-6/h10-13,15-16H,14H2,1-9H3,(H,28,29)/b11-10+. The zero-order chi connectivity index (χ0) is 26.7. The van der Waals surface area contributed by atoms with Crippen LogP contribution in [0.5, 0.6) is 23.0 Å². The molecule has 0 amide bonds. The zero-order valence-corrected chi connectivity index (χ0v) is 23.6. The third kappa shape index (κ3) is 5.27. The van der Waals surface area contributed by atoms with E-state index in [-0.39, 0.29) is 10.8 Å². The summed E-state index contributed by atoms with van der Waals surface area (Å²) in [7, 11) is 4.28. The van der Waals surface area contributed by atoms with Gasteiger partial charge in [-0.15, -0.1) is 0 Å². The van der Waals surface area contributed by atoms with Crippen LogP contribution in [-0.4, -0.2) is 59.3 Å². The van der Waals surface area contributed by atoms with Crippen molar-refractivity contribution in [3.05, 3.63) is 47.2 Å². The Kier molecular flexibility index (Phi) is 8.15. The lowest BCUT2D eigenvalue weighted by atomic mass is 10.0. The van der Waals surface area contributed by atoms with E-state index in [0.717, 1.165) is 5.56 Å². The van der Waals surface area contributed by atoms with E-state index in [0.29, 0.717) is 51.8 Å². The summed E-state index contributed by atoms with van der Waals surface area (Å²) in [4.78, 5) is 13.5. The average Bonchev–Trinajstić information content (AvgIpc) is 3.28. The van der Waals surface area contributed by atoms with Crippen molar-refractivity contribution in [3.63, 3.8) is 0 Å². The molecule has 0 spiro atoms. The fourth-order valence-electron chi connectivity index (χ4n) is 3.59. The minimum atomic E-state index is -1.87. The number of hydrogen-bond donors (Lipinski definition) is 1. The van der Waals surface area contributed by atoms with Crippen LogP contribution in [-0.2, 0) is 4.43 Å². The summed E-state index contributed by atoms with van der Waals surface area (Å²) >= 11 is 0. The largest absolute Gasteiger partial charge is 0.496 e. The first-order valence-electron chi connectivity index (χ1n) is 11.7. The summed E-state index contributed by atoms with van der Waals surface area (Å²) in [5.74, 6) is 1.62. The Balaban J connectivity index is 1.99. The molecule has 0 atom stereocenters. The van der Waals surface area contributed by atoms with Gasteiger partial charge in [0.15, 0.2) is 19.8 Å². The minimum Gasteiger partial charge on any atom is -0.496 e. The maximum Gasteiger partial charge on any atom is 0.211 e. The highest BCUT2D eigenvalue weighted by molar-refractivity contribution is 6.74. The van der Waals surface area contributed by atoms with Crippen LogP contribution in [0.15, 0.2) is 30.3 Å². The Hall–Kier alpha value is -3.30. The summed E-state index contributed by atoms with van der Waals surface area (Å²) in [6.07, 6.45) is 3.90. The van der Waals surface area contributed by atoms with E-state index in [1.165, 1.54) is 21.3 Å². The highest BCUT2D eigenvalue weighted by Crippen LogP contribution is 2.39. The second-order valence-corrected chi connectivity index (χ2v) is 14.7. The van der Waals surface area contributed by atoms with Crippen molar-refractivity contribution in [2.24, 2.45) is 0 Å². The van der Waals surface area contributed by atoms with Gasteiger partial charge in [0.2, 0.25) is 11.5 Å². The number of H-pyrrole nitrogens is 1. The highest BCUT2D eigenvalue weighted by Gasteiger charge is 2.36. The van der Waals surface area contributed by atoms with Crippen LogP contribution in [0, 0.1) is 0 Å². The first-order valence-corrected chi connectivity index (χ1v) is 14.6. The zero-order valence-electron chi connectivity index (χ0n) is 22.6. The van der Waals surface area contributed by atoms with Crippen molar-refractivity contribution in [2.75, 3.05) is 35.0 Å². The third-order valence-electron chi connectivity index (χ3n) is 6.73. The maximum absolute atomic E-state index is 13.5. The van der Waals surface area contributed by atoms with Gasteiger partial charge in [-0.25, -0.2) is 0 Å². The van der Waals surface area contributed by atoms with E-state index >= 15 is 0 Å². The van der Waals surface area contributed by atoms with Crippen molar-refractivity contribution in [2.45, 2.75) is 38.9 Å². The van der Waals surface area contributed by atoms with Gasteiger partial charge in [-0.2, -0.15) is 5.10 Å². The Bertz CT molecular complexity index is 1250. The predicted molar refractivity (Wildman–Crippen MR) is 144 cm³/mol. The van der Waals surface area contributed by atoms with E-state index < -0.39 is 8.32 Å². The number of methoxy groups -OCH3 is 4. The van der Waals surface area contributed by atoms with Crippen molar-refractivity contribution in [1.29, 1.82) is 0 Å². The number of aromatic amines is 1. The molecule has 3 aromatic rings. The number of nitrogens with zero attached hydrogens (tertiary/aromatic N) is 1. The van der Waals surface area contributed by atoms with Crippen LogP contribution in [0.3, 0.4) is 0 Å². The van der Waals surface area contributed by atoms with E-state index in [4.69, 9.17) is 23.4 Å². The van der Waals surface area contributed by atoms with Crippen LogP contribution in [0.25, 0.3) is 17.0 Å². The van der Waals surface area contributed by atoms with Crippen LogP contribution in [0.1, 0.15) is 42.4 Å². The van der Waals surface area contributed by atoms with Crippen LogP contribution < -0.4 is 18.9 Å². The highest BCUT2D eigenvalue weighted by atomic mass is 28.4. The molecule has 0 unspecified atom stereocenters. The summed E-state index contributed by atoms with van der Waals surface area (Å²) < 4.78 is 28.0. The van der Waals surface area contributed by atoms with Crippen molar-refractivity contribution in [3.8, 4) is 23.0 Å². The summed E-state index contributed by atoms with van der Waals surface area (Å²) in [6.45, 7) is 11.6. The van der Waals surface area contributed by atoms with Crippen molar-refractivity contribution < 1.29 is 28.2 Å². The van der Waals surface area contributed by atoms with E-state index in [2.05, 4.69) is 44.1 Å². The van der Waals surface area contributed by atoms with Crippen LogP contribution in [0.2, 0.25) is 18.1 Å². The van der Waals surface area contributed by atoms with Gasteiger partial charge in [0.1, 0.15) is 17.0 Å². The quantitative estimate of drug-likeness (QED) is 0.268. The van der Waals surface area contributed by atoms with Gasteiger partial charge in [-0.3, -0.25) is 9.89 Å². The number of carbonyl (C=O) groups excluding carboxylic acids is 1. The first-order chi connectivity index (χ1) is 17.0. The molecule has 8 nitrogen and oxygen atoms in total. The Morgan fingerprint density at radius 2 is 1.58 bits per heavy atom. The molecule has 1 aromatic heterocycles. The second-order valence-electron chi connectivity index (χ2n) is 9.89. The molecule has 0 saturated heterocycles. The monoisotopic (exact) mass is 512 g/mol. The molecule has 36 heavy (non-hydrogen) atoms. The lowest BCUT2D eigenvalue weighted by Crippen LogP contribution is -2.40. The molecule has 0 bridgehead atoms. The van der Waals surface area contributed by atoms with Gasteiger partial charge in [0.05, 0.1) is 35.0 Å². The van der Waals surface area contributed by atoms with Gasteiger partial charge in [0, 0.05) is 16.5 Å². The van der Waals surface area contributed by atoms with Gasteiger partial charge >= 0.3 is 0 Å². The smallest absolute Gasteiger partial charge is 0.211 e. The molecule has 1 N–H and O–H groups in total. The fraction of sp³-hybridized carbons (Fsp3) is 0.407. The number of rotatable bonds is 10. The predicted octanol–water partition coefficient (Wildman–Crippen LogP) is 5.86. The number of ether oxygens (including phenoxy) is 4. The van der Waals surface area contributed by atoms with Gasteiger partial charge in [-0.1, -0.05) is 32.9 Å². The SMILES string of the molecule is COc1cc(C(=O)c2[nH]nc3c(/C=C/CO[Si](C)(C)C(C)(C)C)c(OC)ccc23)cc(OC)c1OC. The molecule has 2 aromatic carbocycles. The molecular formula is C27H36N2O6Si. The van der Waals surface area contributed by atoms with Gasteiger partial charge < -0.3 is 23.4 Å². The van der Waals surface area contributed by atoms with Crippen LogP contribution in [0.4, 0.5) is 0 Å². The molecular weight excluding hydrogens is 476 g/mol. The van der Waals surface area contributed by atoms with E-state index in [9.17, 15) is 4.79 Å². The minimum absolute atomic E-state index is 0.128. The molecule has 9 heteroatoms. The normalized spacial score (nSPS) is 12.2. The van der Waals surface area contributed by atoms with E-state index in [1.807, 2.05) is 24.3 Å². The Labute approximate surface area is 213 Å². The lowest BCUT2D eigenvalue weighted by Gasteiger charge is -2.35. The summed E-state index contributed by atoms with van der Waals surface area (Å²) in [5.41, 5.74) is 2.14.